The fraction of sp³-hybridized carbons (Fsp3) is 0.636. The van der Waals surface area contributed by atoms with Crippen molar-refractivity contribution in [3.05, 3.63) is 0 Å². The average Bonchev–Trinajstić information content (AvgIpc) is 2.78. The topological polar surface area (TPSA) is 139 Å². The first-order valence-corrected chi connectivity index (χ1v) is 6.43. The molecule has 0 bridgehead atoms. The van der Waals surface area contributed by atoms with Crippen molar-refractivity contribution in [2.24, 2.45) is 0 Å². The van der Waals surface area contributed by atoms with Gasteiger partial charge in [0.2, 0.25) is 0 Å². The third-order valence-corrected chi connectivity index (χ3v) is 3.49. The van der Waals surface area contributed by atoms with E-state index in [1.807, 2.05) is 0 Å². The molecular weight excluding hydrogens is 284 g/mol. The number of hydrogen-bond donors (Lipinski definition) is 4. The summed E-state index contributed by atoms with van der Waals surface area (Å²) in [5.41, 5.74) is 0. The molecule has 2 aliphatic rings. The second kappa shape index (κ2) is 5.85. The Labute approximate surface area is 119 Å². The second-order valence-electron chi connectivity index (χ2n) is 4.92. The Morgan fingerprint density at radius 1 is 1.33 bits per heavy atom. The molecule has 4 N–H and O–H groups in total. The molecule has 0 aliphatic carbocycles. The van der Waals surface area contributed by atoms with Crippen molar-refractivity contribution in [1.82, 2.24) is 20.4 Å². The van der Waals surface area contributed by atoms with Gasteiger partial charge in [-0.15, -0.1) is 0 Å². The molecule has 21 heavy (non-hydrogen) atoms. The molecule has 2 rings (SSSR count). The van der Waals surface area contributed by atoms with Crippen LogP contribution in [0.3, 0.4) is 0 Å². The zero-order chi connectivity index (χ0) is 15.6. The van der Waals surface area contributed by atoms with Gasteiger partial charge in [-0.1, -0.05) is 0 Å². The summed E-state index contributed by atoms with van der Waals surface area (Å²) in [6.07, 6.45) is -0.690. The van der Waals surface area contributed by atoms with Gasteiger partial charge in [0.1, 0.15) is 6.04 Å². The lowest BCUT2D eigenvalue weighted by Crippen LogP contribution is -2.58. The predicted molar refractivity (Wildman–Crippen MR) is 67.7 cm³/mol. The van der Waals surface area contributed by atoms with Gasteiger partial charge in [-0.2, -0.15) is 0 Å². The summed E-state index contributed by atoms with van der Waals surface area (Å²) < 4.78 is 0. The van der Waals surface area contributed by atoms with E-state index in [4.69, 9.17) is 10.2 Å². The van der Waals surface area contributed by atoms with Crippen LogP contribution in [0.1, 0.15) is 6.42 Å². The van der Waals surface area contributed by atoms with Gasteiger partial charge >= 0.3 is 24.0 Å². The van der Waals surface area contributed by atoms with Crippen molar-refractivity contribution in [2.75, 3.05) is 26.2 Å². The van der Waals surface area contributed by atoms with Gasteiger partial charge in [-0.05, 0) is 0 Å². The van der Waals surface area contributed by atoms with E-state index >= 15 is 0 Å². The summed E-state index contributed by atoms with van der Waals surface area (Å²) in [6.45, 7) is 1.35. The minimum Gasteiger partial charge on any atom is -0.481 e. The van der Waals surface area contributed by atoms with Gasteiger partial charge in [0.25, 0.3) is 0 Å². The highest BCUT2D eigenvalue weighted by Crippen LogP contribution is 2.14. The highest BCUT2D eigenvalue weighted by atomic mass is 16.4. The van der Waals surface area contributed by atoms with Crippen molar-refractivity contribution in [1.29, 1.82) is 0 Å². The van der Waals surface area contributed by atoms with Crippen LogP contribution in [-0.4, -0.2) is 82.3 Å². The van der Waals surface area contributed by atoms with Crippen molar-refractivity contribution >= 4 is 24.0 Å². The maximum absolute atomic E-state index is 12.0. The van der Waals surface area contributed by atoms with Gasteiger partial charge in [-0.25, -0.2) is 14.4 Å². The van der Waals surface area contributed by atoms with Crippen molar-refractivity contribution in [3.8, 4) is 0 Å². The number of amides is 4. The molecule has 1 unspecified atom stereocenters. The van der Waals surface area contributed by atoms with Crippen LogP contribution in [0, 0.1) is 0 Å². The van der Waals surface area contributed by atoms with Crippen LogP contribution >= 0.6 is 0 Å². The van der Waals surface area contributed by atoms with Gasteiger partial charge in [0.15, 0.2) is 0 Å². The maximum atomic E-state index is 12.0. The van der Waals surface area contributed by atoms with Crippen molar-refractivity contribution < 1.29 is 29.4 Å². The zero-order valence-corrected chi connectivity index (χ0v) is 11.1. The molecule has 2 aliphatic heterocycles. The van der Waals surface area contributed by atoms with Gasteiger partial charge in [0, 0.05) is 26.2 Å². The highest BCUT2D eigenvalue weighted by Gasteiger charge is 2.37. The van der Waals surface area contributed by atoms with Gasteiger partial charge in [0.05, 0.1) is 12.5 Å². The van der Waals surface area contributed by atoms with E-state index < -0.39 is 30.4 Å². The van der Waals surface area contributed by atoms with Crippen LogP contribution < -0.4 is 10.6 Å². The molecule has 0 radical (unpaired) electrons. The smallest absolute Gasteiger partial charge is 0.326 e. The molecule has 0 aromatic rings. The molecule has 116 valence electrons. The number of hydrogen-bond acceptors (Lipinski definition) is 4. The number of carboxylic acid groups (broad SMARTS) is 2. The molecule has 10 heteroatoms. The van der Waals surface area contributed by atoms with Gasteiger partial charge in [-0.3, -0.25) is 4.79 Å². The summed E-state index contributed by atoms with van der Waals surface area (Å²) in [7, 11) is 0. The number of rotatable bonds is 4. The van der Waals surface area contributed by atoms with Crippen LogP contribution in [0.5, 0.6) is 0 Å². The molecule has 2 saturated heterocycles. The Bertz CT molecular complexity index is 481. The summed E-state index contributed by atoms with van der Waals surface area (Å²) in [5.74, 6) is -2.71. The highest BCUT2D eigenvalue weighted by molar-refractivity contribution is 5.86. The summed E-state index contributed by atoms with van der Waals surface area (Å²) in [6, 6.07) is -2.42. The normalized spacial score (nSPS) is 22.3. The third-order valence-electron chi connectivity index (χ3n) is 3.49. The molecule has 2 fully saturated rings. The second-order valence-corrected chi connectivity index (χ2v) is 4.92. The van der Waals surface area contributed by atoms with Crippen LogP contribution in [0.15, 0.2) is 0 Å². The Morgan fingerprint density at radius 2 is 2.05 bits per heavy atom. The Balaban J connectivity index is 1.92. The Hall–Kier alpha value is -2.52. The first kappa shape index (κ1) is 14.9. The zero-order valence-electron chi connectivity index (χ0n) is 11.1. The molecule has 2 heterocycles. The summed E-state index contributed by atoms with van der Waals surface area (Å²) >= 11 is 0. The van der Waals surface area contributed by atoms with E-state index in [1.54, 1.807) is 4.90 Å². The van der Waals surface area contributed by atoms with E-state index in [-0.39, 0.29) is 25.2 Å². The van der Waals surface area contributed by atoms with E-state index in [1.165, 1.54) is 4.90 Å². The molecular formula is C11H16N4O6. The molecule has 0 spiro atoms. The van der Waals surface area contributed by atoms with E-state index in [0.29, 0.717) is 13.1 Å². The maximum Gasteiger partial charge on any atom is 0.326 e. The number of aliphatic carboxylic acids is 2. The number of nitrogens with zero attached hydrogens (tertiary/aromatic N) is 2. The number of carboxylic acids is 2. The lowest BCUT2D eigenvalue weighted by Gasteiger charge is -2.36. The predicted octanol–water partition coefficient (Wildman–Crippen LogP) is -1.67. The Kier molecular flexibility index (Phi) is 4.15. The number of piperazine rings is 1. The first-order chi connectivity index (χ1) is 9.88. The number of nitrogens with one attached hydrogen (secondary N) is 2. The molecule has 0 aromatic heterocycles. The third kappa shape index (κ3) is 3.33. The Morgan fingerprint density at radius 3 is 2.67 bits per heavy atom. The van der Waals surface area contributed by atoms with Crippen LogP contribution in [-0.2, 0) is 9.59 Å². The fourth-order valence-electron chi connectivity index (χ4n) is 2.40. The van der Waals surface area contributed by atoms with Crippen LogP contribution in [0.4, 0.5) is 9.59 Å². The molecule has 4 amide bonds. The summed E-state index contributed by atoms with van der Waals surface area (Å²) in [4.78, 5) is 47.9. The number of carbonyl (C=O) groups is 4. The number of urea groups is 2. The standard InChI is InChI=1S/C11H16N4O6/c16-8(17)3-7(9(18)19)13-11(21)14-1-2-15-6(5-14)4-12-10(15)20/h6-7H,1-5H2,(H,12,20)(H,13,21)(H,16,17)(H,18,19)/t6?,7-/m1/s1. The first-order valence-electron chi connectivity index (χ1n) is 6.43. The van der Waals surface area contributed by atoms with E-state index in [0.717, 1.165) is 0 Å². The lowest BCUT2D eigenvalue weighted by atomic mass is 10.2. The quantitative estimate of drug-likeness (QED) is 0.489. The summed E-state index contributed by atoms with van der Waals surface area (Å²) in [5, 5.41) is 22.4. The van der Waals surface area contributed by atoms with Crippen LogP contribution in [0.2, 0.25) is 0 Å². The monoisotopic (exact) mass is 300 g/mol. The van der Waals surface area contributed by atoms with Gasteiger partial charge < -0.3 is 30.6 Å². The minimum atomic E-state index is -1.48. The van der Waals surface area contributed by atoms with Crippen molar-refractivity contribution in [3.63, 3.8) is 0 Å². The largest absolute Gasteiger partial charge is 0.481 e. The van der Waals surface area contributed by atoms with E-state index in [2.05, 4.69) is 10.6 Å². The SMILES string of the molecule is O=C(O)C[C@@H](NC(=O)N1CCN2C(=O)NCC2C1)C(=O)O. The average molecular weight is 300 g/mol. The fourth-order valence-corrected chi connectivity index (χ4v) is 2.40. The molecule has 2 atom stereocenters. The van der Waals surface area contributed by atoms with E-state index in [9.17, 15) is 19.2 Å². The van der Waals surface area contributed by atoms with Crippen molar-refractivity contribution in [2.45, 2.75) is 18.5 Å². The molecule has 10 nitrogen and oxygen atoms in total. The lowest BCUT2D eigenvalue weighted by molar-refractivity contribution is -0.145. The number of carbonyl (C=O) groups excluding carboxylic acids is 2. The number of fused-ring (bicyclic) bond motifs is 1. The minimum absolute atomic E-state index is 0.139. The molecule has 0 aromatic carbocycles. The van der Waals surface area contributed by atoms with Crippen LogP contribution in [0.25, 0.3) is 0 Å². The molecule has 0 saturated carbocycles.